The van der Waals surface area contributed by atoms with Gasteiger partial charge in [0.05, 0.1) is 22.5 Å². The van der Waals surface area contributed by atoms with Gasteiger partial charge in [-0.15, -0.1) is 10.2 Å². The summed E-state index contributed by atoms with van der Waals surface area (Å²) in [5, 5.41) is 15.1. The van der Waals surface area contributed by atoms with Crippen molar-refractivity contribution in [2.24, 2.45) is 7.05 Å². The van der Waals surface area contributed by atoms with Crippen LogP contribution in [0.15, 0.2) is 53.7 Å². The van der Waals surface area contributed by atoms with Crippen LogP contribution in [0.3, 0.4) is 0 Å². The normalized spacial score (nSPS) is 10.9. The summed E-state index contributed by atoms with van der Waals surface area (Å²) in [7, 11) is 1.81. The highest BCUT2D eigenvalue weighted by molar-refractivity contribution is 7.99. The van der Waals surface area contributed by atoms with Gasteiger partial charge in [-0.05, 0) is 30.7 Å². The van der Waals surface area contributed by atoms with Crippen LogP contribution in [0, 0.1) is 6.92 Å². The highest BCUT2D eigenvalue weighted by atomic mass is 32.2. The molecule has 0 unspecified atom stereocenters. The number of anilines is 1. The molecule has 0 aliphatic carbocycles. The predicted octanol–water partition coefficient (Wildman–Crippen LogP) is 3.39. The van der Waals surface area contributed by atoms with Crippen molar-refractivity contribution >= 4 is 50.3 Å². The molecule has 2 heterocycles. The first-order chi connectivity index (χ1) is 15.0. The van der Waals surface area contributed by atoms with E-state index in [1.54, 1.807) is 10.6 Å². The number of thioether (sulfide) groups is 1. The van der Waals surface area contributed by atoms with Crippen molar-refractivity contribution in [1.82, 2.24) is 25.1 Å². The molecule has 0 spiro atoms. The van der Waals surface area contributed by atoms with Gasteiger partial charge in [0.2, 0.25) is 5.91 Å². The van der Waals surface area contributed by atoms with Crippen molar-refractivity contribution in [2.45, 2.75) is 18.6 Å². The Kier molecular flexibility index (Phi) is 6.28. The number of benzene rings is 2. The lowest BCUT2D eigenvalue weighted by atomic mass is 10.1. The third-order valence-corrected chi connectivity index (χ3v) is 6.57. The lowest BCUT2D eigenvalue weighted by Gasteiger charge is -2.07. The number of hydrogen-bond acceptors (Lipinski definition) is 7. The molecule has 2 aromatic heterocycles. The second-order valence-electron chi connectivity index (χ2n) is 6.78. The molecule has 0 aliphatic heterocycles. The summed E-state index contributed by atoms with van der Waals surface area (Å²) in [5.41, 5.74) is 2.40. The van der Waals surface area contributed by atoms with Crippen molar-refractivity contribution in [3.05, 3.63) is 65.5 Å². The number of rotatable bonds is 7. The van der Waals surface area contributed by atoms with E-state index < -0.39 is 0 Å². The van der Waals surface area contributed by atoms with E-state index in [0.29, 0.717) is 21.7 Å². The summed E-state index contributed by atoms with van der Waals surface area (Å²) in [6.07, 6.45) is 0. The number of carbonyl (C=O) groups excluding carboxylic acids is 2. The highest BCUT2D eigenvalue weighted by Crippen LogP contribution is 2.25. The molecular formula is C21H20N6O2S2. The standard InChI is InChI=1S/C21H20N6O2S2/c1-13-7-3-4-8-14(13)19(29)22-11-17-25-26-21(27(17)2)30-12-18(28)24-20-23-15-9-5-6-10-16(15)31-20/h3-10H,11-12H2,1-2H3,(H,22,29)(H,23,24,28). The SMILES string of the molecule is Cc1ccccc1C(=O)NCc1nnc(SCC(=O)Nc2nc3ccccc3s2)n1C. The predicted molar refractivity (Wildman–Crippen MR) is 122 cm³/mol. The summed E-state index contributed by atoms with van der Waals surface area (Å²) in [6.45, 7) is 2.14. The van der Waals surface area contributed by atoms with E-state index in [1.807, 2.05) is 56.4 Å². The molecule has 0 atom stereocenters. The van der Waals surface area contributed by atoms with Gasteiger partial charge < -0.3 is 15.2 Å². The molecule has 0 saturated heterocycles. The minimum Gasteiger partial charge on any atom is -0.345 e. The van der Waals surface area contributed by atoms with E-state index in [2.05, 4.69) is 25.8 Å². The van der Waals surface area contributed by atoms with Gasteiger partial charge in [0, 0.05) is 12.6 Å². The number of para-hydroxylation sites is 1. The molecular weight excluding hydrogens is 432 g/mol. The van der Waals surface area contributed by atoms with E-state index in [0.717, 1.165) is 15.8 Å². The maximum atomic E-state index is 12.4. The molecule has 4 aromatic rings. The van der Waals surface area contributed by atoms with E-state index >= 15 is 0 Å². The summed E-state index contributed by atoms with van der Waals surface area (Å²) in [5.74, 6) is 0.459. The first-order valence-corrected chi connectivity index (χ1v) is 11.3. The fourth-order valence-corrected chi connectivity index (χ4v) is 4.53. The maximum Gasteiger partial charge on any atom is 0.251 e. The third kappa shape index (κ3) is 4.92. The average molecular weight is 453 g/mol. The number of nitrogens with zero attached hydrogens (tertiary/aromatic N) is 4. The first-order valence-electron chi connectivity index (χ1n) is 9.51. The Bertz CT molecular complexity index is 1220. The van der Waals surface area contributed by atoms with Crippen LogP contribution in [0.25, 0.3) is 10.2 Å². The van der Waals surface area contributed by atoms with Gasteiger partial charge in [0.25, 0.3) is 5.91 Å². The smallest absolute Gasteiger partial charge is 0.251 e. The second kappa shape index (κ2) is 9.27. The number of hydrogen-bond donors (Lipinski definition) is 2. The number of fused-ring (bicyclic) bond motifs is 1. The minimum absolute atomic E-state index is 0.162. The van der Waals surface area contributed by atoms with Crippen molar-refractivity contribution < 1.29 is 9.59 Å². The largest absolute Gasteiger partial charge is 0.345 e. The number of carbonyl (C=O) groups is 2. The topological polar surface area (TPSA) is 102 Å². The Morgan fingerprint density at radius 2 is 1.87 bits per heavy atom. The third-order valence-electron chi connectivity index (χ3n) is 4.59. The van der Waals surface area contributed by atoms with Gasteiger partial charge in [-0.3, -0.25) is 9.59 Å². The number of thiazole rings is 1. The first kappa shape index (κ1) is 21.0. The summed E-state index contributed by atoms with van der Waals surface area (Å²) >= 11 is 2.71. The molecule has 0 fully saturated rings. The molecule has 0 bridgehead atoms. The van der Waals surface area contributed by atoms with Crippen LogP contribution in [-0.4, -0.2) is 37.3 Å². The monoisotopic (exact) mass is 452 g/mol. The van der Waals surface area contributed by atoms with E-state index in [4.69, 9.17) is 0 Å². The molecule has 4 rings (SSSR count). The van der Waals surface area contributed by atoms with Crippen LogP contribution in [0.1, 0.15) is 21.7 Å². The van der Waals surface area contributed by atoms with Crippen molar-refractivity contribution in [2.75, 3.05) is 11.1 Å². The maximum absolute atomic E-state index is 12.4. The fraction of sp³-hybridized carbons (Fsp3) is 0.190. The summed E-state index contributed by atoms with van der Waals surface area (Å²) < 4.78 is 2.80. The summed E-state index contributed by atoms with van der Waals surface area (Å²) in [4.78, 5) is 29.1. The van der Waals surface area contributed by atoms with Crippen molar-refractivity contribution in [3.63, 3.8) is 0 Å². The minimum atomic E-state index is -0.165. The molecule has 0 saturated carbocycles. The van der Waals surface area contributed by atoms with Crippen LogP contribution in [0.5, 0.6) is 0 Å². The molecule has 10 heteroatoms. The van der Waals surface area contributed by atoms with E-state index in [9.17, 15) is 9.59 Å². The zero-order chi connectivity index (χ0) is 21.8. The number of aryl methyl sites for hydroxylation is 1. The Balaban J connectivity index is 1.31. The van der Waals surface area contributed by atoms with Gasteiger partial charge >= 0.3 is 0 Å². The Hall–Kier alpha value is -3.24. The summed E-state index contributed by atoms with van der Waals surface area (Å²) in [6, 6.07) is 15.1. The second-order valence-corrected chi connectivity index (χ2v) is 8.75. The van der Waals surface area contributed by atoms with Gasteiger partial charge in [0.1, 0.15) is 0 Å². The molecule has 8 nitrogen and oxygen atoms in total. The fourth-order valence-electron chi connectivity index (χ4n) is 2.92. The van der Waals surface area contributed by atoms with Gasteiger partial charge in [-0.2, -0.15) is 0 Å². The Morgan fingerprint density at radius 3 is 2.68 bits per heavy atom. The lowest BCUT2D eigenvalue weighted by molar-refractivity contribution is -0.113. The zero-order valence-electron chi connectivity index (χ0n) is 17.0. The van der Waals surface area contributed by atoms with Gasteiger partial charge in [0.15, 0.2) is 16.1 Å². The van der Waals surface area contributed by atoms with Crippen LogP contribution < -0.4 is 10.6 Å². The van der Waals surface area contributed by atoms with Crippen molar-refractivity contribution in [1.29, 1.82) is 0 Å². The van der Waals surface area contributed by atoms with Crippen molar-refractivity contribution in [3.8, 4) is 0 Å². The number of amides is 2. The number of nitrogens with one attached hydrogen (secondary N) is 2. The lowest BCUT2D eigenvalue weighted by Crippen LogP contribution is -2.25. The molecule has 2 aromatic carbocycles. The highest BCUT2D eigenvalue weighted by Gasteiger charge is 2.14. The van der Waals surface area contributed by atoms with Crippen LogP contribution >= 0.6 is 23.1 Å². The molecule has 0 radical (unpaired) electrons. The molecule has 0 aliphatic rings. The Morgan fingerprint density at radius 1 is 1.10 bits per heavy atom. The quantitative estimate of drug-likeness (QED) is 0.417. The van der Waals surface area contributed by atoms with Crippen LogP contribution in [0.2, 0.25) is 0 Å². The molecule has 158 valence electrons. The van der Waals surface area contributed by atoms with Gasteiger partial charge in [-0.1, -0.05) is 53.4 Å². The average Bonchev–Trinajstić information content (AvgIpc) is 3.33. The molecule has 31 heavy (non-hydrogen) atoms. The van der Waals surface area contributed by atoms with E-state index in [-0.39, 0.29) is 24.1 Å². The number of aromatic nitrogens is 4. The molecule has 2 amide bonds. The zero-order valence-corrected chi connectivity index (χ0v) is 18.6. The Labute approximate surface area is 187 Å². The van der Waals surface area contributed by atoms with Crippen LogP contribution in [-0.2, 0) is 18.4 Å². The molecule has 2 N–H and O–H groups in total. The van der Waals surface area contributed by atoms with E-state index in [1.165, 1.54) is 23.1 Å². The van der Waals surface area contributed by atoms with Crippen LogP contribution in [0.4, 0.5) is 5.13 Å². The van der Waals surface area contributed by atoms with Gasteiger partial charge in [-0.25, -0.2) is 4.98 Å².